The number of rotatable bonds is 5. The lowest BCUT2D eigenvalue weighted by Crippen LogP contribution is -2.41. The number of hydrogen-bond acceptors (Lipinski definition) is 3. The summed E-state index contributed by atoms with van der Waals surface area (Å²) in [6, 6.07) is 12.7. The summed E-state index contributed by atoms with van der Waals surface area (Å²) in [5.74, 6) is 0.0426. The van der Waals surface area contributed by atoms with Crippen LogP contribution in [-0.2, 0) is 4.79 Å². The van der Waals surface area contributed by atoms with Crippen LogP contribution in [0.5, 0.6) is 0 Å². The fourth-order valence-corrected chi connectivity index (χ4v) is 3.00. The molecule has 0 heterocycles. The molecule has 0 aliphatic rings. The summed E-state index contributed by atoms with van der Waals surface area (Å²) >= 11 is 7.38. The number of thioether (sulfide) groups is 1. The van der Waals surface area contributed by atoms with Crippen molar-refractivity contribution in [2.75, 3.05) is 5.75 Å². The molecule has 2 N–H and O–H groups in total. The van der Waals surface area contributed by atoms with Crippen molar-refractivity contribution < 1.29 is 9.59 Å². The van der Waals surface area contributed by atoms with E-state index in [1.807, 2.05) is 6.07 Å². The standard InChI is InChI=1S/C18H19ClN2O2S/c1-12-3-8-16(11-13(12)2)24-10-9-17(22)20-21-18(23)14-4-6-15(19)7-5-14/h3-8,11H,9-10H2,1-2H3,(H,20,22)(H,21,23). The Morgan fingerprint density at radius 3 is 2.38 bits per heavy atom. The second-order valence-corrected chi connectivity index (χ2v) is 6.96. The number of halogens is 1. The first-order chi connectivity index (χ1) is 11.5. The first-order valence-corrected chi connectivity index (χ1v) is 8.87. The average Bonchev–Trinajstić information content (AvgIpc) is 2.56. The largest absolute Gasteiger partial charge is 0.273 e. The number of amides is 2. The van der Waals surface area contributed by atoms with E-state index in [-0.39, 0.29) is 11.8 Å². The molecule has 0 spiro atoms. The average molecular weight is 363 g/mol. The Morgan fingerprint density at radius 2 is 1.71 bits per heavy atom. The van der Waals surface area contributed by atoms with Gasteiger partial charge in [-0.2, -0.15) is 0 Å². The number of carbonyl (C=O) groups excluding carboxylic acids is 2. The van der Waals surface area contributed by atoms with Gasteiger partial charge < -0.3 is 0 Å². The van der Waals surface area contributed by atoms with Crippen molar-refractivity contribution in [1.29, 1.82) is 0 Å². The first-order valence-electron chi connectivity index (χ1n) is 7.50. The quantitative estimate of drug-likeness (QED) is 0.626. The van der Waals surface area contributed by atoms with Gasteiger partial charge in [-0.3, -0.25) is 20.4 Å². The lowest BCUT2D eigenvalue weighted by Gasteiger charge is -2.08. The Labute approximate surface area is 150 Å². The van der Waals surface area contributed by atoms with Crippen molar-refractivity contribution in [3.8, 4) is 0 Å². The van der Waals surface area contributed by atoms with Gasteiger partial charge in [-0.05, 0) is 61.4 Å². The van der Waals surface area contributed by atoms with E-state index in [2.05, 4.69) is 36.8 Å². The topological polar surface area (TPSA) is 58.2 Å². The predicted molar refractivity (Wildman–Crippen MR) is 98.3 cm³/mol. The first kappa shape index (κ1) is 18.4. The molecule has 0 radical (unpaired) electrons. The van der Waals surface area contributed by atoms with Gasteiger partial charge in [0, 0.05) is 27.7 Å². The maximum Gasteiger partial charge on any atom is 0.269 e. The summed E-state index contributed by atoms with van der Waals surface area (Å²) < 4.78 is 0. The number of benzene rings is 2. The Balaban J connectivity index is 1.72. The van der Waals surface area contributed by atoms with Gasteiger partial charge in [0.2, 0.25) is 5.91 Å². The van der Waals surface area contributed by atoms with Gasteiger partial charge in [0.25, 0.3) is 5.91 Å². The van der Waals surface area contributed by atoms with Gasteiger partial charge >= 0.3 is 0 Å². The van der Waals surface area contributed by atoms with Crippen molar-refractivity contribution in [1.82, 2.24) is 10.9 Å². The second kappa shape index (κ2) is 8.76. The molecule has 6 heteroatoms. The molecular weight excluding hydrogens is 344 g/mol. The molecule has 2 rings (SSSR count). The summed E-state index contributed by atoms with van der Waals surface area (Å²) in [5, 5.41) is 0.555. The van der Waals surface area contributed by atoms with Crippen LogP contribution in [0.3, 0.4) is 0 Å². The van der Waals surface area contributed by atoms with Crippen molar-refractivity contribution in [2.45, 2.75) is 25.2 Å². The molecule has 2 aromatic carbocycles. The summed E-state index contributed by atoms with van der Waals surface area (Å²) in [6.45, 7) is 4.14. The molecule has 2 aromatic rings. The molecular formula is C18H19ClN2O2S. The fourth-order valence-electron chi connectivity index (χ4n) is 1.93. The van der Waals surface area contributed by atoms with Crippen molar-refractivity contribution in [2.24, 2.45) is 0 Å². The summed E-state index contributed by atoms with van der Waals surface area (Å²) in [4.78, 5) is 24.8. The van der Waals surface area contributed by atoms with Gasteiger partial charge in [-0.15, -0.1) is 11.8 Å². The van der Waals surface area contributed by atoms with Crippen molar-refractivity contribution in [3.63, 3.8) is 0 Å². The molecule has 0 bridgehead atoms. The van der Waals surface area contributed by atoms with Crippen LogP contribution in [-0.4, -0.2) is 17.6 Å². The van der Waals surface area contributed by atoms with Crippen LogP contribution in [0, 0.1) is 13.8 Å². The highest BCUT2D eigenvalue weighted by Crippen LogP contribution is 2.21. The van der Waals surface area contributed by atoms with Gasteiger partial charge in [-0.1, -0.05) is 17.7 Å². The zero-order valence-electron chi connectivity index (χ0n) is 13.6. The minimum atomic E-state index is -0.373. The van der Waals surface area contributed by atoms with E-state index in [4.69, 9.17) is 11.6 Å². The molecule has 0 aliphatic carbocycles. The van der Waals surface area contributed by atoms with Crippen LogP contribution in [0.1, 0.15) is 27.9 Å². The number of hydrazine groups is 1. The second-order valence-electron chi connectivity index (χ2n) is 5.35. The van der Waals surface area contributed by atoms with Crippen LogP contribution in [0.4, 0.5) is 0 Å². The number of aryl methyl sites for hydroxylation is 2. The highest BCUT2D eigenvalue weighted by molar-refractivity contribution is 7.99. The minimum Gasteiger partial charge on any atom is -0.273 e. The number of nitrogens with one attached hydrogen (secondary N) is 2. The minimum absolute atomic E-state index is 0.228. The fraction of sp³-hybridized carbons (Fsp3) is 0.222. The lowest BCUT2D eigenvalue weighted by molar-refractivity contribution is -0.121. The van der Waals surface area contributed by atoms with Crippen LogP contribution < -0.4 is 10.9 Å². The lowest BCUT2D eigenvalue weighted by atomic mass is 10.1. The molecule has 0 aliphatic heterocycles. The highest BCUT2D eigenvalue weighted by Gasteiger charge is 2.07. The van der Waals surface area contributed by atoms with Crippen molar-refractivity contribution >= 4 is 35.2 Å². The van der Waals surface area contributed by atoms with Crippen LogP contribution in [0.2, 0.25) is 5.02 Å². The van der Waals surface area contributed by atoms with E-state index in [1.165, 1.54) is 11.1 Å². The molecule has 0 saturated heterocycles. The Hall–Kier alpha value is -1.98. The Bertz CT molecular complexity index is 732. The van der Waals surface area contributed by atoms with E-state index < -0.39 is 0 Å². The third kappa shape index (κ3) is 5.58. The summed E-state index contributed by atoms with van der Waals surface area (Å²) in [5.41, 5.74) is 7.73. The van der Waals surface area contributed by atoms with E-state index in [0.29, 0.717) is 22.8 Å². The molecule has 24 heavy (non-hydrogen) atoms. The monoisotopic (exact) mass is 362 g/mol. The summed E-state index contributed by atoms with van der Waals surface area (Å²) in [6.07, 6.45) is 0.318. The SMILES string of the molecule is Cc1ccc(SCCC(=O)NNC(=O)c2ccc(Cl)cc2)cc1C. The normalized spacial score (nSPS) is 10.3. The third-order valence-corrected chi connectivity index (χ3v) is 4.75. The van der Waals surface area contributed by atoms with E-state index >= 15 is 0 Å². The van der Waals surface area contributed by atoms with Gasteiger partial charge in [-0.25, -0.2) is 0 Å². The number of hydrogen-bond donors (Lipinski definition) is 2. The molecule has 126 valence electrons. The van der Waals surface area contributed by atoms with E-state index in [9.17, 15) is 9.59 Å². The smallest absolute Gasteiger partial charge is 0.269 e. The number of carbonyl (C=O) groups is 2. The zero-order chi connectivity index (χ0) is 17.5. The molecule has 4 nitrogen and oxygen atoms in total. The van der Waals surface area contributed by atoms with Gasteiger partial charge in [0.05, 0.1) is 0 Å². The highest BCUT2D eigenvalue weighted by atomic mass is 35.5. The summed E-state index contributed by atoms with van der Waals surface area (Å²) in [7, 11) is 0. The molecule has 0 saturated carbocycles. The van der Waals surface area contributed by atoms with E-state index in [0.717, 1.165) is 4.90 Å². The van der Waals surface area contributed by atoms with Crippen LogP contribution in [0.25, 0.3) is 0 Å². The maximum atomic E-state index is 11.9. The van der Waals surface area contributed by atoms with Crippen LogP contribution >= 0.6 is 23.4 Å². The van der Waals surface area contributed by atoms with Crippen molar-refractivity contribution in [3.05, 3.63) is 64.2 Å². The zero-order valence-corrected chi connectivity index (χ0v) is 15.1. The molecule has 0 fully saturated rings. The Kier molecular flexibility index (Phi) is 6.70. The van der Waals surface area contributed by atoms with Gasteiger partial charge in [0.15, 0.2) is 0 Å². The van der Waals surface area contributed by atoms with Crippen LogP contribution in [0.15, 0.2) is 47.4 Å². The third-order valence-electron chi connectivity index (χ3n) is 3.50. The molecule has 0 unspecified atom stereocenters. The van der Waals surface area contributed by atoms with E-state index in [1.54, 1.807) is 36.0 Å². The maximum absolute atomic E-state index is 11.9. The van der Waals surface area contributed by atoms with Gasteiger partial charge in [0.1, 0.15) is 0 Å². The molecule has 0 aromatic heterocycles. The Morgan fingerprint density at radius 1 is 1.00 bits per heavy atom. The molecule has 2 amide bonds. The predicted octanol–water partition coefficient (Wildman–Crippen LogP) is 3.90. The molecule has 0 atom stereocenters.